The Morgan fingerprint density at radius 3 is 3.07 bits per heavy atom. The maximum Gasteiger partial charge on any atom is 0.0863 e. The Morgan fingerprint density at radius 2 is 2.36 bits per heavy atom. The summed E-state index contributed by atoms with van der Waals surface area (Å²) in [5.41, 5.74) is 2.27. The van der Waals surface area contributed by atoms with Crippen molar-refractivity contribution >= 4 is 5.70 Å². The number of rotatable bonds is 2. The second-order valence-corrected chi connectivity index (χ2v) is 3.23. The minimum absolute atomic E-state index is 0.985. The zero-order valence-electron chi connectivity index (χ0n) is 8.35. The average Bonchev–Trinajstić information content (AvgIpc) is 2.30. The second kappa shape index (κ2) is 4.09. The van der Waals surface area contributed by atoms with Crippen LogP contribution in [-0.2, 0) is 0 Å². The van der Waals surface area contributed by atoms with Gasteiger partial charge in [0.2, 0.25) is 0 Å². The molecule has 0 unspecified atom stereocenters. The molecule has 0 aromatic carbocycles. The number of likely N-dealkylation sites (N-methyl/N-ethyl adjacent to an activating group) is 1. The van der Waals surface area contributed by atoms with Gasteiger partial charge in [0.1, 0.15) is 0 Å². The van der Waals surface area contributed by atoms with E-state index in [2.05, 4.69) is 35.0 Å². The Labute approximate surface area is 84.6 Å². The van der Waals surface area contributed by atoms with Gasteiger partial charge in [0.25, 0.3) is 0 Å². The van der Waals surface area contributed by atoms with Crippen LogP contribution >= 0.6 is 0 Å². The third kappa shape index (κ3) is 1.69. The Hall–Kier alpha value is -1.57. The third-order valence-corrected chi connectivity index (χ3v) is 2.37. The van der Waals surface area contributed by atoms with Crippen LogP contribution < -0.4 is 0 Å². The van der Waals surface area contributed by atoms with E-state index in [1.54, 1.807) is 0 Å². The van der Waals surface area contributed by atoms with Crippen LogP contribution in [0.3, 0.4) is 0 Å². The summed E-state index contributed by atoms with van der Waals surface area (Å²) in [6.45, 7) is 4.17. The normalized spacial score (nSPS) is 15.5. The van der Waals surface area contributed by atoms with E-state index >= 15 is 0 Å². The van der Waals surface area contributed by atoms with Crippen LogP contribution in [0.2, 0.25) is 0 Å². The Bertz CT molecular complexity index is 352. The van der Waals surface area contributed by atoms with Gasteiger partial charge in [-0.3, -0.25) is 4.98 Å². The first kappa shape index (κ1) is 9.00. The minimum atomic E-state index is 0.985. The van der Waals surface area contributed by atoms with Gasteiger partial charge in [-0.25, -0.2) is 0 Å². The smallest absolute Gasteiger partial charge is 0.0863 e. The first-order valence-corrected chi connectivity index (χ1v) is 4.95. The van der Waals surface area contributed by atoms with Crippen molar-refractivity contribution in [3.05, 3.63) is 48.3 Å². The number of hydrogen-bond donors (Lipinski definition) is 0. The lowest BCUT2D eigenvalue weighted by Crippen LogP contribution is -2.23. The van der Waals surface area contributed by atoms with Crippen LogP contribution in [0.5, 0.6) is 0 Å². The molecule has 1 aromatic rings. The highest BCUT2D eigenvalue weighted by Crippen LogP contribution is 2.19. The lowest BCUT2D eigenvalue weighted by molar-refractivity contribution is 0.458. The molecule has 1 aliphatic rings. The van der Waals surface area contributed by atoms with E-state index < -0.39 is 0 Å². The van der Waals surface area contributed by atoms with Crippen molar-refractivity contribution in [1.29, 1.82) is 0 Å². The number of hydrogen-bond acceptors (Lipinski definition) is 2. The summed E-state index contributed by atoms with van der Waals surface area (Å²) in [6, 6.07) is 6.02. The maximum absolute atomic E-state index is 4.36. The first-order chi connectivity index (χ1) is 6.92. The molecule has 2 nitrogen and oxygen atoms in total. The van der Waals surface area contributed by atoms with E-state index in [-0.39, 0.29) is 0 Å². The fourth-order valence-electron chi connectivity index (χ4n) is 1.61. The van der Waals surface area contributed by atoms with Gasteiger partial charge < -0.3 is 4.90 Å². The van der Waals surface area contributed by atoms with E-state index in [1.807, 2.05) is 24.4 Å². The lowest BCUT2D eigenvalue weighted by atomic mass is 10.2. The van der Waals surface area contributed by atoms with Gasteiger partial charge in [-0.1, -0.05) is 18.2 Å². The second-order valence-electron chi connectivity index (χ2n) is 3.23. The van der Waals surface area contributed by atoms with Gasteiger partial charge in [0, 0.05) is 19.3 Å². The van der Waals surface area contributed by atoms with Crippen LogP contribution in [0.1, 0.15) is 12.6 Å². The molecule has 0 atom stereocenters. The van der Waals surface area contributed by atoms with Crippen molar-refractivity contribution in [3.63, 3.8) is 0 Å². The largest absolute Gasteiger partial charge is 0.366 e. The monoisotopic (exact) mass is 186 g/mol. The highest BCUT2D eigenvalue weighted by Gasteiger charge is 2.10. The van der Waals surface area contributed by atoms with Gasteiger partial charge >= 0.3 is 0 Å². The highest BCUT2D eigenvalue weighted by molar-refractivity contribution is 5.63. The molecule has 2 heterocycles. The number of nitrogens with zero attached hydrogens (tertiary/aromatic N) is 2. The SMILES string of the molecule is CCN1CC=CC=C1c1ccccn1. The quantitative estimate of drug-likeness (QED) is 0.704. The summed E-state index contributed by atoms with van der Waals surface area (Å²) >= 11 is 0. The Morgan fingerprint density at radius 1 is 1.43 bits per heavy atom. The van der Waals surface area contributed by atoms with Gasteiger partial charge in [-0.15, -0.1) is 0 Å². The molecule has 0 aliphatic carbocycles. The summed E-state index contributed by atoms with van der Waals surface area (Å²) in [5, 5.41) is 0. The van der Waals surface area contributed by atoms with Crippen molar-refractivity contribution in [2.24, 2.45) is 0 Å². The maximum atomic E-state index is 4.36. The Balaban J connectivity index is 2.32. The predicted octanol–water partition coefficient (Wildman–Crippen LogP) is 2.31. The molecule has 0 saturated heterocycles. The summed E-state index contributed by atoms with van der Waals surface area (Å²) in [4.78, 5) is 6.66. The molecular weight excluding hydrogens is 172 g/mol. The Kier molecular flexibility index (Phi) is 2.63. The molecule has 1 aromatic heterocycles. The summed E-state index contributed by atoms with van der Waals surface area (Å²) in [6.07, 6.45) is 8.21. The van der Waals surface area contributed by atoms with Crippen molar-refractivity contribution in [1.82, 2.24) is 9.88 Å². The molecule has 0 amide bonds. The van der Waals surface area contributed by atoms with Crippen molar-refractivity contribution in [3.8, 4) is 0 Å². The van der Waals surface area contributed by atoms with Crippen LogP contribution in [0.25, 0.3) is 5.70 Å². The molecular formula is C12H14N2. The number of pyridine rings is 1. The zero-order valence-corrected chi connectivity index (χ0v) is 8.35. The number of allylic oxidation sites excluding steroid dienone is 2. The molecule has 0 spiro atoms. The van der Waals surface area contributed by atoms with Gasteiger partial charge in [-0.05, 0) is 25.1 Å². The minimum Gasteiger partial charge on any atom is -0.366 e. The van der Waals surface area contributed by atoms with Crippen LogP contribution in [0.4, 0.5) is 0 Å². The first-order valence-electron chi connectivity index (χ1n) is 4.95. The van der Waals surface area contributed by atoms with Gasteiger partial charge in [0.15, 0.2) is 0 Å². The van der Waals surface area contributed by atoms with Gasteiger partial charge in [-0.2, -0.15) is 0 Å². The summed E-state index contributed by atoms with van der Waals surface area (Å²) in [5.74, 6) is 0. The van der Waals surface area contributed by atoms with Crippen molar-refractivity contribution in [2.45, 2.75) is 6.92 Å². The molecule has 0 radical (unpaired) electrons. The molecule has 0 saturated carbocycles. The van der Waals surface area contributed by atoms with E-state index in [0.29, 0.717) is 0 Å². The molecule has 2 rings (SSSR count). The average molecular weight is 186 g/mol. The molecule has 2 heteroatoms. The van der Waals surface area contributed by atoms with Crippen LogP contribution in [0.15, 0.2) is 42.6 Å². The fraction of sp³-hybridized carbons (Fsp3) is 0.250. The molecule has 1 aliphatic heterocycles. The summed E-state index contributed by atoms with van der Waals surface area (Å²) < 4.78 is 0. The van der Waals surface area contributed by atoms with E-state index in [0.717, 1.165) is 18.8 Å². The molecule has 14 heavy (non-hydrogen) atoms. The van der Waals surface area contributed by atoms with Crippen molar-refractivity contribution < 1.29 is 0 Å². The van der Waals surface area contributed by atoms with E-state index in [1.165, 1.54) is 5.70 Å². The molecule has 72 valence electrons. The summed E-state index contributed by atoms with van der Waals surface area (Å²) in [7, 11) is 0. The fourth-order valence-corrected chi connectivity index (χ4v) is 1.61. The highest BCUT2D eigenvalue weighted by atomic mass is 15.1. The molecule has 0 bridgehead atoms. The van der Waals surface area contributed by atoms with Gasteiger partial charge in [0.05, 0.1) is 11.4 Å². The van der Waals surface area contributed by atoms with Crippen LogP contribution in [0, 0.1) is 0 Å². The van der Waals surface area contributed by atoms with E-state index in [4.69, 9.17) is 0 Å². The predicted molar refractivity (Wildman–Crippen MR) is 58.6 cm³/mol. The zero-order chi connectivity index (χ0) is 9.80. The third-order valence-electron chi connectivity index (χ3n) is 2.37. The van der Waals surface area contributed by atoms with Crippen molar-refractivity contribution in [2.75, 3.05) is 13.1 Å². The molecule has 0 fully saturated rings. The topological polar surface area (TPSA) is 16.1 Å². The van der Waals surface area contributed by atoms with E-state index in [9.17, 15) is 0 Å². The standard InChI is InChI=1S/C12H14N2/c1-2-14-10-6-4-8-12(14)11-7-3-5-9-13-11/h3-9H,2,10H2,1H3. The lowest BCUT2D eigenvalue weighted by Gasteiger charge is -2.26. The number of aromatic nitrogens is 1. The molecule has 0 N–H and O–H groups in total. The van der Waals surface area contributed by atoms with Crippen LogP contribution in [-0.4, -0.2) is 23.0 Å².